The van der Waals surface area contributed by atoms with Crippen LogP contribution >= 0.6 is 0 Å². The first-order chi connectivity index (χ1) is 6.59. The number of nitrogens with zero attached hydrogens (tertiary/aromatic N) is 2. The Labute approximate surface area is 84.4 Å². The molecule has 1 aromatic heterocycles. The fourth-order valence-electron chi connectivity index (χ4n) is 1.81. The summed E-state index contributed by atoms with van der Waals surface area (Å²) in [5.41, 5.74) is 4.86. The van der Waals surface area contributed by atoms with E-state index in [0.29, 0.717) is 0 Å². The highest BCUT2D eigenvalue weighted by Crippen LogP contribution is 2.12. The van der Waals surface area contributed by atoms with Crippen molar-refractivity contribution < 1.29 is 0 Å². The number of hydrogen-bond acceptors (Lipinski definition) is 2. The van der Waals surface area contributed by atoms with Crippen LogP contribution in [-0.2, 0) is 0 Å². The molecule has 0 aliphatic heterocycles. The summed E-state index contributed by atoms with van der Waals surface area (Å²) in [6.07, 6.45) is 2.27. The summed E-state index contributed by atoms with van der Waals surface area (Å²) < 4.78 is 0. The quantitative estimate of drug-likeness (QED) is 0.612. The maximum atomic E-state index is 4.62. The first-order valence-corrected chi connectivity index (χ1v) is 5.10. The van der Waals surface area contributed by atoms with Gasteiger partial charge in [-0.1, -0.05) is 0 Å². The van der Waals surface area contributed by atoms with Crippen LogP contribution in [0.1, 0.15) is 38.1 Å². The van der Waals surface area contributed by atoms with Crippen molar-refractivity contribution in [3.63, 3.8) is 0 Å². The van der Waals surface area contributed by atoms with Crippen molar-refractivity contribution in [1.82, 2.24) is 9.97 Å². The average Bonchev–Trinajstić information content (AvgIpc) is 2.15. The maximum absolute atomic E-state index is 4.62. The Hall–Kier alpha value is -1.18. The van der Waals surface area contributed by atoms with Crippen LogP contribution in [0.25, 0.3) is 11.1 Å². The second-order valence-corrected chi connectivity index (χ2v) is 4.15. The zero-order valence-electron chi connectivity index (χ0n) is 9.31. The van der Waals surface area contributed by atoms with Gasteiger partial charge in [-0.05, 0) is 51.7 Å². The molecular formula is C12H16N2. The molecule has 1 aromatic rings. The highest BCUT2D eigenvalue weighted by molar-refractivity contribution is 5.52. The molecule has 0 saturated carbocycles. The van der Waals surface area contributed by atoms with Crippen LogP contribution in [0.3, 0.4) is 0 Å². The van der Waals surface area contributed by atoms with Crippen molar-refractivity contribution in [3.05, 3.63) is 22.1 Å². The standard InChI is InChI=1S/C12H16N2/c1-7-5-6-8(2)12-11(7)13-9(3)10(4)14-12/h5-6H2,1-4H3. The molecule has 0 spiro atoms. The van der Waals surface area contributed by atoms with Gasteiger partial charge in [0.1, 0.15) is 0 Å². The summed E-state index contributed by atoms with van der Waals surface area (Å²) in [7, 11) is 0. The SMILES string of the molecule is CC1=c2nc(C)c(C)nc2=C(C)CC1. The van der Waals surface area contributed by atoms with E-state index >= 15 is 0 Å². The van der Waals surface area contributed by atoms with E-state index in [1.807, 2.05) is 13.8 Å². The molecule has 0 fully saturated rings. The van der Waals surface area contributed by atoms with E-state index in [1.54, 1.807) is 0 Å². The molecule has 0 bridgehead atoms. The second kappa shape index (κ2) is 3.19. The Morgan fingerprint density at radius 1 is 0.714 bits per heavy atom. The third kappa shape index (κ3) is 1.35. The molecule has 0 atom stereocenters. The zero-order chi connectivity index (χ0) is 10.3. The van der Waals surface area contributed by atoms with Gasteiger partial charge in [0.15, 0.2) is 0 Å². The van der Waals surface area contributed by atoms with Gasteiger partial charge in [-0.3, -0.25) is 0 Å². The minimum atomic E-state index is 1.05. The average molecular weight is 188 g/mol. The van der Waals surface area contributed by atoms with Gasteiger partial charge in [0.05, 0.1) is 22.1 Å². The van der Waals surface area contributed by atoms with Gasteiger partial charge in [0.25, 0.3) is 0 Å². The van der Waals surface area contributed by atoms with Crippen molar-refractivity contribution in [2.75, 3.05) is 0 Å². The fraction of sp³-hybridized carbons (Fsp3) is 0.500. The number of rotatable bonds is 0. The largest absolute Gasteiger partial charge is 0.250 e. The molecule has 14 heavy (non-hydrogen) atoms. The zero-order valence-corrected chi connectivity index (χ0v) is 9.31. The number of aromatic nitrogens is 2. The van der Waals surface area contributed by atoms with Crippen LogP contribution in [0.2, 0.25) is 0 Å². The molecule has 0 N–H and O–H groups in total. The molecule has 2 heteroatoms. The second-order valence-electron chi connectivity index (χ2n) is 4.15. The van der Waals surface area contributed by atoms with E-state index < -0.39 is 0 Å². The fourth-order valence-corrected chi connectivity index (χ4v) is 1.81. The molecule has 0 radical (unpaired) electrons. The smallest absolute Gasteiger partial charge is 0.0878 e. The molecular weight excluding hydrogens is 172 g/mol. The first-order valence-electron chi connectivity index (χ1n) is 5.10. The third-order valence-electron chi connectivity index (χ3n) is 2.99. The minimum absolute atomic E-state index is 1.05. The lowest BCUT2D eigenvalue weighted by atomic mass is 10.0. The maximum Gasteiger partial charge on any atom is 0.0878 e. The predicted octanol–water partition coefficient (Wildman–Crippen LogP) is 1.23. The molecule has 74 valence electrons. The van der Waals surface area contributed by atoms with Crippen LogP contribution in [-0.4, -0.2) is 9.97 Å². The van der Waals surface area contributed by atoms with E-state index in [0.717, 1.165) is 34.9 Å². The molecule has 0 saturated heterocycles. The van der Waals surface area contributed by atoms with Crippen LogP contribution in [0.15, 0.2) is 0 Å². The Morgan fingerprint density at radius 2 is 1.07 bits per heavy atom. The number of fused-ring (bicyclic) bond motifs is 1. The summed E-state index contributed by atoms with van der Waals surface area (Å²) >= 11 is 0. The normalized spacial score (nSPS) is 15.7. The number of hydrogen-bond donors (Lipinski definition) is 0. The van der Waals surface area contributed by atoms with E-state index in [-0.39, 0.29) is 0 Å². The Kier molecular flexibility index (Phi) is 2.14. The van der Waals surface area contributed by atoms with Gasteiger partial charge in [-0.2, -0.15) is 0 Å². The van der Waals surface area contributed by atoms with Crippen molar-refractivity contribution in [2.45, 2.75) is 40.5 Å². The van der Waals surface area contributed by atoms with E-state index in [9.17, 15) is 0 Å². The molecule has 0 aromatic carbocycles. The number of aryl methyl sites for hydroxylation is 2. The van der Waals surface area contributed by atoms with Gasteiger partial charge in [-0.15, -0.1) is 0 Å². The highest BCUT2D eigenvalue weighted by atomic mass is 14.8. The molecule has 1 aliphatic rings. The molecule has 1 aliphatic carbocycles. The summed E-state index contributed by atoms with van der Waals surface area (Å²) in [6, 6.07) is 0. The first kappa shape index (κ1) is 9.38. The van der Waals surface area contributed by atoms with Crippen LogP contribution in [0, 0.1) is 13.8 Å². The van der Waals surface area contributed by atoms with Crippen molar-refractivity contribution in [3.8, 4) is 0 Å². The van der Waals surface area contributed by atoms with Crippen LogP contribution < -0.4 is 10.7 Å². The van der Waals surface area contributed by atoms with Gasteiger partial charge in [0, 0.05) is 0 Å². The lowest BCUT2D eigenvalue weighted by Crippen LogP contribution is -2.38. The molecule has 2 rings (SSSR count). The third-order valence-corrected chi connectivity index (χ3v) is 2.99. The van der Waals surface area contributed by atoms with E-state index in [2.05, 4.69) is 23.8 Å². The van der Waals surface area contributed by atoms with E-state index in [1.165, 1.54) is 11.1 Å². The molecule has 0 amide bonds. The minimum Gasteiger partial charge on any atom is -0.250 e. The van der Waals surface area contributed by atoms with Crippen molar-refractivity contribution in [1.29, 1.82) is 0 Å². The topological polar surface area (TPSA) is 25.8 Å². The van der Waals surface area contributed by atoms with E-state index in [4.69, 9.17) is 0 Å². The molecule has 1 heterocycles. The monoisotopic (exact) mass is 188 g/mol. The van der Waals surface area contributed by atoms with Gasteiger partial charge in [-0.25, -0.2) is 9.97 Å². The van der Waals surface area contributed by atoms with Crippen molar-refractivity contribution in [2.24, 2.45) is 0 Å². The summed E-state index contributed by atoms with van der Waals surface area (Å²) in [5.74, 6) is 0. The van der Waals surface area contributed by atoms with Gasteiger partial charge < -0.3 is 0 Å². The van der Waals surface area contributed by atoms with Crippen LogP contribution in [0.5, 0.6) is 0 Å². The summed E-state index contributed by atoms with van der Waals surface area (Å²) in [6.45, 7) is 8.38. The van der Waals surface area contributed by atoms with Crippen LogP contribution in [0.4, 0.5) is 0 Å². The Balaban J connectivity index is 2.95. The summed E-state index contributed by atoms with van der Waals surface area (Å²) in [5, 5.41) is 2.24. The Bertz CT molecular complexity index is 451. The Morgan fingerprint density at radius 3 is 1.43 bits per heavy atom. The van der Waals surface area contributed by atoms with Gasteiger partial charge >= 0.3 is 0 Å². The van der Waals surface area contributed by atoms with Gasteiger partial charge in [0.2, 0.25) is 0 Å². The lowest BCUT2D eigenvalue weighted by molar-refractivity contribution is 0.912. The highest BCUT2D eigenvalue weighted by Gasteiger charge is 2.08. The molecule has 0 unspecified atom stereocenters. The predicted molar refractivity (Wildman–Crippen MR) is 58.2 cm³/mol. The lowest BCUT2D eigenvalue weighted by Gasteiger charge is -2.11. The summed E-state index contributed by atoms with van der Waals surface area (Å²) in [4.78, 5) is 9.25. The molecule has 2 nitrogen and oxygen atoms in total. The van der Waals surface area contributed by atoms with Crippen molar-refractivity contribution >= 4 is 11.1 Å².